The number of hydrogen-bond acceptors (Lipinski definition) is 5. The highest BCUT2D eigenvalue weighted by atomic mass is 19.4. The predicted molar refractivity (Wildman–Crippen MR) is 94.5 cm³/mol. The summed E-state index contributed by atoms with van der Waals surface area (Å²) in [7, 11) is 3.06. The van der Waals surface area contributed by atoms with Gasteiger partial charge in [0.2, 0.25) is 0 Å². The third-order valence-electron chi connectivity index (χ3n) is 4.04. The number of nitrogens with zero attached hydrogens (tertiary/aromatic N) is 2. The summed E-state index contributed by atoms with van der Waals surface area (Å²) >= 11 is 0. The third kappa shape index (κ3) is 4.69. The molecule has 10 heteroatoms. The third-order valence-corrected chi connectivity index (χ3v) is 4.04. The zero-order valence-electron chi connectivity index (χ0n) is 15.8. The van der Waals surface area contributed by atoms with Crippen molar-refractivity contribution in [3.8, 4) is 5.75 Å². The summed E-state index contributed by atoms with van der Waals surface area (Å²) in [5.41, 5.74) is -0.320. The molecule has 0 aliphatic carbocycles. The topological polar surface area (TPSA) is 82.4 Å². The second-order valence-corrected chi connectivity index (χ2v) is 6.00. The number of hydrogen-bond donors (Lipinski definition) is 1. The Labute approximate surface area is 159 Å². The highest BCUT2D eigenvalue weighted by Gasteiger charge is 2.32. The molecule has 0 aliphatic heterocycles. The SMILES string of the molecule is COCCOc1ccc(C(F)(F)F)cc1NC(=O)C(=O)c1c(C)nn(C)c1C. The number of rotatable bonds is 7. The fourth-order valence-electron chi connectivity index (χ4n) is 2.56. The first-order chi connectivity index (χ1) is 13.1. The Morgan fingerprint density at radius 1 is 1.21 bits per heavy atom. The minimum absolute atomic E-state index is 0.00849. The molecule has 7 nitrogen and oxygen atoms in total. The monoisotopic (exact) mass is 399 g/mol. The lowest BCUT2D eigenvalue weighted by Crippen LogP contribution is -2.24. The van der Waals surface area contributed by atoms with Gasteiger partial charge >= 0.3 is 6.18 Å². The first kappa shape index (κ1) is 21.4. The van der Waals surface area contributed by atoms with Crippen LogP contribution in [-0.4, -0.2) is 41.8 Å². The number of anilines is 1. The van der Waals surface area contributed by atoms with Crippen LogP contribution >= 0.6 is 0 Å². The number of amides is 1. The number of aryl methyl sites for hydroxylation is 2. The molecule has 1 amide bonds. The number of alkyl halides is 3. The van der Waals surface area contributed by atoms with E-state index in [0.717, 1.165) is 18.2 Å². The molecule has 0 unspecified atom stereocenters. The minimum atomic E-state index is -4.62. The van der Waals surface area contributed by atoms with Crippen molar-refractivity contribution in [2.24, 2.45) is 7.05 Å². The highest BCUT2D eigenvalue weighted by Crippen LogP contribution is 2.35. The fourth-order valence-corrected chi connectivity index (χ4v) is 2.56. The quantitative estimate of drug-likeness (QED) is 0.440. The van der Waals surface area contributed by atoms with Crippen molar-refractivity contribution in [3.05, 3.63) is 40.7 Å². The van der Waals surface area contributed by atoms with Crippen LogP contribution in [0, 0.1) is 13.8 Å². The van der Waals surface area contributed by atoms with Crippen LogP contribution in [0.15, 0.2) is 18.2 Å². The summed E-state index contributed by atoms with van der Waals surface area (Å²) in [4.78, 5) is 24.9. The number of aromatic nitrogens is 2. The highest BCUT2D eigenvalue weighted by molar-refractivity contribution is 6.47. The van der Waals surface area contributed by atoms with Crippen LogP contribution in [0.4, 0.5) is 18.9 Å². The van der Waals surface area contributed by atoms with Gasteiger partial charge in [0, 0.05) is 19.9 Å². The van der Waals surface area contributed by atoms with Gasteiger partial charge in [-0.2, -0.15) is 18.3 Å². The molecule has 2 aromatic rings. The molecule has 0 fully saturated rings. The summed E-state index contributed by atoms with van der Waals surface area (Å²) in [5, 5.41) is 6.28. The van der Waals surface area contributed by atoms with Crippen molar-refractivity contribution in [2.45, 2.75) is 20.0 Å². The second kappa shape index (κ2) is 8.42. The summed E-state index contributed by atoms with van der Waals surface area (Å²) in [6, 6.07) is 2.63. The van der Waals surface area contributed by atoms with Gasteiger partial charge in [-0.3, -0.25) is 14.3 Å². The number of nitrogens with one attached hydrogen (secondary N) is 1. The number of halogens is 3. The molecule has 0 saturated heterocycles. The van der Waals surface area contributed by atoms with Crippen molar-refractivity contribution in [1.29, 1.82) is 0 Å². The van der Waals surface area contributed by atoms with Gasteiger partial charge in [-0.05, 0) is 32.0 Å². The molecule has 0 spiro atoms. The van der Waals surface area contributed by atoms with Crippen molar-refractivity contribution < 1.29 is 32.2 Å². The molecule has 152 valence electrons. The molecule has 1 heterocycles. The zero-order valence-corrected chi connectivity index (χ0v) is 15.8. The van der Waals surface area contributed by atoms with Gasteiger partial charge in [-0.15, -0.1) is 0 Å². The molecule has 1 aromatic heterocycles. The number of carbonyl (C=O) groups is 2. The molecule has 0 atom stereocenters. The van der Waals surface area contributed by atoms with Gasteiger partial charge in [0.25, 0.3) is 11.7 Å². The molecule has 0 radical (unpaired) electrons. The first-order valence-electron chi connectivity index (χ1n) is 8.25. The number of ether oxygens (including phenoxy) is 2. The number of benzene rings is 1. The molecule has 1 N–H and O–H groups in total. The maximum absolute atomic E-state index is 13.0. The number of carbonyl (C=O) groups excluding carboxylic acids is 2. The van der Waals surface area contributed by atoms with Gasteiger partial charge in [-0.1, -0.05) is 0 Å². The predicted octanol–water partition coefficient (Wildman–Crippen LogP) is 2.90. The number of Topliss-reactive ketones (excluding diaryl/α,β-unsaturated/α-hetero) is 1. The van der Waals surface area contributed by atoms with E-state index >= 15 is 0 Å². The van der Waals surface area contributed by atoms with Crippen molar-refractivity contribution >= 4 is 17.4 Å². The van der Waals surface area contributed by atoms with Crippen LogP contribution < -0.4 is 10.1 Å². The Balaban J connectivity index is 2.33. The molecule has 2 rings (SSSR count). The van der Waals surface area contributed by atoms with Gasteiger partial charge in [0.05, 0.1) is 29.1 Å². The van der Waals surface area contributed by atoms with E-state index in [1.165, 1.54) is 11.8 Å². The summed E-state index contributed by atoms with van der Waals surface area (Å²) in [6.07, 6.45) is -4.62. The average Bonchev–Trinajstić information content (AvgIpc) is 2.86. The Morgan fingerprint density at radius 3 is 2.43 bits per heavy atom. The van der Waals surface area contributed by atoms with Crippen LogP contribution in [0.1, 0.15) is 27.3 Å². The Bertz CT molecular complexity index is 891. The van der Waals surface area contributed by atoms with Gasteiger partial charge in [0.15, 0.2) is 0 Å². The van der Waals surface area contributed by atoms with Gasteiger partial charge in [-0.25, -0.2) is 0 Å². The summed E-state index contributed by atoms with van der Waals surface area (Å²) < 4.78 is 50.7. The Kier molecular flexibility index (Phi) is 6.45. The van der Waals surface area contributed by atoms with E-state index in [-0.39, 0.29) is 30.2 Å². The van der Waals surface area contributed by atoms with Crippen LogP contribution in [0.3, 0.4) is 0 Å². The number of ketones is 1. The van der Waals surface area contributed by atoms with Crippen molar-refractivity contribution in [1.82, 2.24) is 9.78 Å². The molecular formula is C18H20F3N3O4. The molecule has 0 bridgehead atoms. The lowest BCUT2D eigenvalue weighted by Gasteiger charge is -2.15. The van der Waals surface area contributed by atoms with E-state index in [0.29, 0.717) is 11.4 Å². The molecular weight excluding hydrogens is 379 g/mol. The average molecular weight is 399 g/mol. The van der Waals surface area contributed by atoms with Crippen LogP contribution in [-0.2, 0) is 22.8 Å². The normalized spacial score (nSPS) is 11.4. The maximum Gasteiger partial charge on any atom is 0.416 e. The van der Waals surface area contributed by atoms with E-state index in [1.54, 1.807) is 20.9 Å². The second-order valence-electron chi connectivity index (χ2n) is 6.00. The van der Waals surface area contributed by atoms with Crippen LogP contribution in [0.25, 0.3) is 0 Å². The molecule has 0 saturated carbocycles. The molecule has 1 aromatic carbocycles. The van der Waals surface area contributed by atoms with Crippen LogP contribution in [0.5, 0.6) is 5.75 Å². The summed E-state index contributed by atoms with van der Waals surface area (Å²) in [5.74, 6) is -2.00. The van der Waals surface area contributed by atoms with Gasteiger partial charge < -0.3 is 14.8 Å². The van der Waals surface area contributed by atoms with Crippen molar-refractivity contribution in [3.63, 3.8) is 0 Å². The van der Waals surface area contributed by atoms with E-state index in [1.807, 2.05) is 0 Å². The Morgan fingerprint density at radius 2 is 1.89 bits per heavy atom. The van der Waals surface area contributed by atoms with E-state index in [2.05, 4.69) is 10.4 Å². The minimum Gasteiger partial charge on any atom is -0.489 e. The van der Waals surface area contributed by atoms with Crippen molar-refractivity contribution in [2.75, 3.05) is 25.6 Å². The van der Waals surface area contributed by atoms with Gasteiger partial charge in [0.1, 0.15) is 12.4 Å². The largest absolute Gasteiger partial charge is 0.489 e. The van der Waals surface area contributed by atoms with E-state index in [9.17, 15) is 22.8 Å². The smallest absolute Gasteiger partial charge is 0.416 e. The molecule has 0 aliphatic rings. The Hall–Kier alpha value is -2.88. The standard InChI is InChI=1S/C18H20F3N3O4/c1-10-15(11(2)24(3)23-10)16(25)17(26)22-13-9-12(18(19,20)21)5-6-14(13)28-8-7-27-4/h5-6,9H,7-8H2,1-4H3,(H,22,26). The van der Waals surface area contributed by atoms with E-state index < -0.39 is 23.4 Å². The summed E-state index contributed by atoms with van der Waals surface area (Å²) in [6.45, 7) is 3.43. The molecule has 28 heavy (non-hydrogen) atoms. The maximum atomic E-state index is 13.0. The lowest BCUT2D eigenvalue weighted by molar-refractivity contribution is -0.137. The fraction of sp³-hybridized carbons (Fsp3) is 0.389. The lowest BCUT2D eigenvalue weighted by atomic mass is 10.1. The first-order valence-corrected chi connectivity index (χ1v) is 8.25. The zero-order chi connectivity index (χ0) is 21.1. The van der Waals surface area contributed by atoms with E-state index in [4.69, 9.17) is 9.47 Å². The number of methoxy groups -OCH3 is 1. The van der Waals surface area contributed by atoms with Crippen LogP contribution in [0.2, 0.25) is 0 Å².